The molecule has 156 valence electrons. The molecule has 0 aliphatic rings. The number of nitrogens with one attached hydrogen (secondary N) is 2. The molecular weight excluding hydrogens is 340 g/mol. The van der Waals surface area contributed by atoms with Crippen LogP contribution in [0.5, 0.6) is 0 Å². The van der Waals surface area contributed by atoms with E-state index in [0.717, 1.165) is 0 Å². The number of hydrogen-bond donors (Lipinski definition) is 4. The summed E-state index contributed by atoms with van der Waals surface area (Å²) in [6.07, 6.45) is 16.8. The van der Waals surface area contributed by atoms with E-state index in [1.165, 1.54) is 90.1 Å². The Kier molecular flexibility index (Phi) is 30.8. The second-order valence-electron chi connectivity index (χ2n) is 6.19. The Balaban J connectivity index is -0.000000308. The molecule has 0 aliphatic carbocycles. The Bertz CT molecular complexity index is 272. The van der Waals surface area contributed by atoms with Crippen molar-refractivity contribution in [1.29, 1.82) is 0 Å². The molecular formula is C18H44N2O4S. The third-order valence-electron chi connectivity index (χ3n) is 3.56. The Labute approximate surface area is 157 Å². The van der Waals surface area contributed by atoms with Gasteiger partial charge in [0, 0.05) is 0 Å². The maximum absolute atomic E-state index is 8.74. The fourth-order valence-electron chi connectivity index (χ4n) is 2.16. The van der Waals surface area contributed by atoms with E-state index in [4.69, 9.17) is 17.5 Å². The Morgan fingerprint density at radius 1 is 0.600 bits per heavy atom. The minimum absolute atomic E-state index is 1.19. The summed E-state index contributed by atoms with van der Waals surface area (Å²) in [5.74, 6) is 0. The fraction of sp³-hybridized carbons (Fsp3) is 1.00. The van der Waals surface area contributed by atoms with Gasteiger partial charge in [-0.1, -0.05) is 78.1 Å². The van der Waals surface area contributed by atoms with Gasteiger partial charge in [0.25, 0.3) is 0 Å². The van der Waals surface area contributed by atoms with Crippen LogP contribution in [0.4, 0.5) is 0 Å². The highest BCUT2D eigenvalue weighted by Crippen LogP contribution is 2.04. The molecule has 0 unspecified atom stereocenters. The standard InChI is InChI=1S/2C9H21N.H2O4S/c2*1-3-4-5-6-7-8-9-10-2;1-5(2,3)4/h2*10H,3-9H2,1-2H3;(H2,1,2,3,4). The first-order chi connectivity index (χ1) is 11.8. The third kappa shape index (κ3) is 59.4. The molecule has 0 fully saturated rings. The van der Waals surface area contributed by atoms with Crippen LogP contribution in [0.15, 0.2) is 0 Å². The van der Waals surface area contributed by atoms with Crippen molar-refractivity contribution in [2.75, 3.05) is 27.2 Å². The first kappa shape index (κ1) is 29.5. The topological polar surface area (TPSA) is 98.7 Å². The van der Waals surface area contributed by atoms with Gasteiger partial charge in [-0.25, -0.2) is 0 Å². The second-order valence-corrected chi connectivity index (χ2v) is 7.09. The van der Waals surface area contributed by atoms with Gasteiger partial charge in [0.15, 0.2) is 0 Å². The zero-order valence-corrected chi connectivity index (χ0v) is 17.8. The van der Waals surface area contributed by atoms with Crippen molar-refractivity contribution in [1.82, 2.24) is 10.6 Å². The molecule has 0 aromatic carbocycles. The molecule has 0 saturated heterocycles. The highest BCUT2D eigenvalue weighted by molar-refractivity contribution is 7.79. The summed E-state index contributed by atoms with van der Waals surface area (Å²) in [5.41, 5.74) is 0. The van der Waals surface area contributed by atoms with Crippen molar-refractivity contribution in [2.24, 2.45) is 0 Å². The van der Waals surface area contributed by atoms with Crippen LogP contribution in [0.3, 0.4) is 0 Å². The highest BCUT2D eigenvalue weighted by atomic mass is 32.3. The minimum Gasteiger partial charge on any atom is -0.320 e. The van der Waals surface area contributed by atoms with Gasteiger partial charge in [0.2, 0.25) is 0 Å². The quantitative estimate of drug-likeness (QED) is 0.260. The summed E-state index contributed by atoms with van der Waals surface area (Å²) in [5, 5.41) is 6.32. The predicted molar refractivity (Wildman–Crippen MR) is 109 cm³/mol. The van der Waals surface area contributed by atoms with Crippen LogP contribution in [0, 0.1) is 0 Å². The molecule has 0 bridgehead atoms. The van der Waals surface area contributed by atoms with Crippen LogP contribution >= 0.6 is 0 Å². The van der Waals surface area contributed by atoms with Crippen molar-refractivity contribution in [3.63, 3.8) is 0 Å². The number of hydrogen-bond acceptors (Lipinski definition) is 4. The summed E-state index contributed by atoms with van der Waals surface area (Å²) in [6.45, 7) is 6.89. The van der Waals surface area contributed by atoms with Crippen molar-refractivity contribution < 1.29 is 17.5 Å². The molecule has 0 aromatic rings. The van der Waals surface area contributed by atoms with Gasteiger partial charge in [-0.3, -0.25) is 9.11 Å². The molecule has 25 heavy (non-hydrogen) atoms. The van der Waals surface area contributed by atoms with Crippen LogP contribution in [0.1, 0.15) is 90.9 Å². The van der Waals surface area contributed by atoms with Crippen LogP contribution in [-0.4, -0.2) is 44.7 Å². The normalized spacial score (nSPS) is 10.5. The average Bonchev–Trinajstić information content (AvgIpc) is 2.53. The van der Waals surface area contributed by atoms with Gasteiger partial charge in [0.05, 0.1) is 0 Å². The molecule has 0 radical (unpaired) electrons. The SMILES string of the molecule is CCCCCCCCNC.CCCCCCCCNC.O=S(=O)(O)O. The molecule has 0 heterocycles. The second kappa shape index (κ2) is 26.0. The van der Waals surface area contributed by atoms with Gasteiger partial charge in [0.1, 0.15) is 0 Å². The average molecular weight is 385 g/mol. The first-order valence-electron chi connectivity index (χ1n) is 9.82. The van der Waals surface area contributed by atoms with E-state index >= 15 is 0 Å². The van der Waals surface area contributed by atoms with Gasteiger partial charge in [-0.2, -0.15) is 8.42 Å². The Morgan fingerprint density at radius 2 is 0.840 bits per heavy atom. The lowest BCUT2D eigenvalue weighted by Crippen LogP contribution is -2.06. The third-order valence-corrected chi connectivity index (χ3v) is 3.56. The highest BCUT2D eigenvalue weighted by Gasteiger charge is 1.88. The lowest BCUT2D eigenvalue weighted by molar-refractivity contribution is 0.381. The molecule has 0 amide bonds. The smallest absolute Gasteiger partial charge is 0.320 e. The Hall–Kier alpha value is -0.210. The summed E-state index contributed by atoms with van der Waals surface area (Å²) in [7, 11) is -0.627. The molecule has 4 N–H and O–H groups in total. The van der Waals surface area contributed by atoms with Crippen LogP contribution < -0.4 is 10.6 Å². The van der Waals surface area contributed by atoms with Crippen molar-refractivity contribution in [2.45, 2.75) is 90.9 Å². The molecule has 0 saturated carbocycles. The van der Waals surface area contributed by atoms with Gasteiger partial charge in [-0.15, -0.1) is 0 Å². The lowest BCUT2D eigenvalue weighted by atomic mass is 10.1. The van der Waals surface area contributed by atoms with E-state index in [1.807, 2.05) is 14.1 Å². The van der Waals surface area contributed by atoms with E-state index in [0.29, 0.717) is 0 Å². The van der Waals surface area contributed by atoms with Gasteiger partial charge in [-0.05, 0) is 40.0 Å². The predicted octanol–water partition coefficient (Wildman–Crippen LogP) is 4.48. The van der Waals surface area contributed by atoms with Gasteiger partial charge < -0.3 is 10.6 Å². The van der Waals surface area contributed by atoms with Crippen LogP contribution in [0.2, 0.25) is 0 Å². The molecule has 0 aromatic heterocycles. The van der Waals surface area contributed by atoms with Crippen molar-refractivity contribution >= 4 is 10.4 Å². The number of unbranched alkanes of at least 4 members (excludes halogenated alkanes) is 10. The molecule has 0 aliphatic heterocycles. The monoisotopic (exact) mass is 384 g/mol. The first-order valence-corrected chi connectivity index (χ1v) is 11.2. The fourth-order valence-corrected chi connectivity index (χ4v) is 2.16. The van der Waals surface area contributed by atoms with E-state index in [2.05, 4.69) is 24.5 Å². The molecule has 6 nitrogen and oxygen atoms in total. The van der Waals surface area contributed by atoms with Crippen molar-refractivity contribution in [3.05, 3.63) is 0 Å². The maximum Gasteiger partial charge on any atom is 0.394 e. The minimum atomic E-state index is -4.67. The van der Waals surface area contributed by atoms with Crippen LogP contribution in [-0.2, 0) is 10.4 Å². The Morgan fingerprint density at radius 3 is 1.08 bits per heavy atom. The van der Waals surface area contributed by atoms with Crippen LogP contribution in [0.25, 0.3) is 0 Å². The van der Waals surface area contributed by atoms with E-state index in [1.54, 1.807) is 0 Å². The zero-order chi connectivity index (χ0) is 19.8. The van der Waals surface area contributed by atoms with E-state index in [9.17, 15) is 0 Å². The maximum atomic E-state index is 8.74. The van der Waals surface area contributed by atoms with E-state index < -0.39 is 10.4 Å². The lowest BCUT2D eigenvalue weighted by Gasteiger charge is -1.98. The van der Waals surface area contributed by atoms with Gasteiger partial charge >= 0.3 is 10.4 Å². The number of rotatable bonds is 14. The summed E-state index contributed by atoms with van der Waals surface area (Å²) >= 11 is 0. The molecule has 0 atom stereocenters. The van der Waals surface area contributed by atoms with E-state index in [-0.39, 0.29) is 0 Å². The molecule has 7 heteroatoms. The zero-order valence-electron chi connectivity index (χ0n) is 17.0. The summed E-state index contributed by atoms with van der Waals surface area (Å²) in [6, 6.07) is 0. The largest absolute Gasteiger partial charge is 0.394 e. The summed E-state index contributed by atoms with van der Waals surface area (Å²) in [4.78, 5) is 0. The molecule has 0 rings (SSSR count). The van der Waals surface area contributed by atoms with Crippen molar-refractivity contribution in [3.8, 4) is 0 Å². The summed E-state index contributed by atoms with van der Waals surface area (Å²) < 4.78 is 31.6. The molecule has 0 spiro atoms.